The van der Waals surface area contributed by atoms with Crippen molar-refractivity contribution in [2.75, 3.05) is 11.5 Å². The largest absolute Gasteiger partial charge is 0.461 e. The first-order valence-corrected chi connectivity index (χ1v) is 17.6. The molecule has 6 rings (SSSR count). The predicted molar refractivity (Wildman–Crippen MR) is 180 cm³/mol. The number of nitrogens with two attached hydrogens (primary N) is 1. The number of nitrogen functional groups attached to an aromatic ring is 1. The molecule has 0 spiro atoms. The van der Waals surface area contributed by atoms with Gasteiger partial charge in [0.25, 0.3) is 0 Å². The number of aliphatic hydroxyl groups is 1. The normalized spacial score (nSPS) is 33.6. The van der Waals surface area contributed by atoms with Gasteiger partial charge in [0.1, 0.15) is 28.8 Å². The van der Waals surface area contributed by atoms with Gasteiger partial charge in [0.05, 0.1) is 11.9 Å². The highest BCUT2D eigenvalue weighted by atomic mass is 32.2. The van der Waals surface area contributed by atoms with Gasteiger partial charge in [0.15, 0.2) is 5.65 Å². The van der Waals surface area contributed by atoms with Crippen LogP contribution in [0.1, 0.15) is 76.6 Å². The van der Waals surface area contributed by atoms with Gasteiger partial charge in [0.2, 0.25) is 11.9 Å². The van der Waals surface area contributed by atoms with E-state index in [0.29, 0.717) is 29.8 Å². The van der Waals surface area contributed by atoms with Crippen molar-refractivity contribution in [3.63, 3.8) is 0 Å². The van der Waals surface area contributed by atoms with Gasteiger partial charge in [-0.3, -0.25) is 19.0 Å². The second kappa shape index (κ2) is 12.5. The van der Waals surface area contributed by atoms with Gasteiger partial charge in [-0.2, -0.15) is 4.98 Å². The van der Waals surface area contributed by atoms with Crippen molar-refractivity contribution in [1.82, 2.24) is 19.5 Å². The lowest BCUT2D eigenvalue weighted by Crippen LogP contribution is -2.63. The number of aryl methyl sites for hydroxylation is 1. The van der Waals surface area contributed by atoms with E-state index in [1.54, 1.807) is 6.08 Å². The smallest absolute Gasteiger partial charge is 0.316 e. The Balaban J connectivity index is 1.24. The summed E-state index contributed by atoms with van der Waals surface area (Å²) in [6.07, 6.45) is 6.05. The Morgan fingerprint density at radius 3 is 2.66 bits per heavy atom. The van der Waals surface area contributed by atoms with Crippen molar-refractivity contribution in [2.45, 2.75) is 89.9 Å². The summed E-state index contributed by atoms with van der Waals surface area (Å²) in [6.45, 7) is 12.4. The van der Waals surface area contributed by atoms with Crippen molar-refractivity contribution >= 4 is 46.5 Å². The summed E-state index contributed by atoms with van der Waals surface area (Å²) in [6, 6.07) is 9.75. The van der Waals surface area contributed by atoms with Gasteiger partial charge < -0.3 is 15.6 Å². The van der Waals surface area contributed by atoms with Crippen LogP contribution < -0.4 is 5.73 Å². The van der Waals surface area contributed by atoms with Gasteiger partial charge >= 0.3 is 5.97 Å². The molecule has 0 aliphatic heterocycles. The first kappa shape index (κ1) is 33.3. The zero-order chi connectivity index (χ0) is 33.7. The van der Waals surface area contributed by atoms with E-state index in [2.05, 4.69) is 42.3 Å². The molecule has 0 saturated heterocycles. The number of ether oxygens (including phenoxy) is 1. The predicted octanol–water partition coefficient (Wildman–Crippen LogP) is 5.68. The van der Waals surface area contributed by atoms with Crippen LogP contribution >= 0.6 is 11.8 Å². The van der Waals surface area contributed by atoms with Gasteiger partial charge in [-0.1, -0.05) is 75.9 Å². The maximum absolute atomic E-state index is 13.7. The van der Waals surface area contributed by atoms with Crippen LogP contribution in [0.4, 0.5) is 5.95 Å². The van der Waals surface area contributed by atoms with Crippen molar-refractivity contribution in [1.29, 1.82) is 0 Å². The molecule has 8 atom stereocenters. The standard InChI is InChI=1S/C36H45N5O5S/c1-6-34(4)18-25(35(5)21(2)14-16-36(22(3)30(34)45)17-15-24(42)29(35)36)46-27(44)19-47-32-28-31(39-33(37)40-32)41(20-38-28)26(43)13-12-23-10-8-7-9-11-23/h6-11,20-22,25,29-30,45H,1,12-19H2,2-5H3,(H2,37,39,40)/t21-,22+,25-,29?,30+,34-,35+,36+/m1/s1. The average molecular weight is 660 g/mol. The van der Waals surface area contributed by atoms with Crippen LogP contribution in [-0.4, -0.2) is 60.2 Å². The Morgan fingerprint density at radius 1 is 1.19 bits per heavy atom. The molecule has 11 heteroatoms. The van der Waals surface area contributed by atoms with Crippen molar-refractivity contribution in [2.24, 2.45) is 34.0 Å². The minimum atomic E-state index is -0.732. The van der Waals surface area contributed by atoms with Crippen LogP contribution in [0, 0.1) is 34.0 Å². The van der Waals surface area contributed by atoms with E-state index in [9.17, 15) is 19.5 Å². The summed E-state index contributed by atoms with van der Waals surface area (Å²) in [5, 5.41) is 12.1. The van der Waals surface area contributed by atoms with Crippen LogP contribution in [0.3, 0.4) is 0 Å². The van der Waals surface area contributed by atoms with E-state index < -0.39 is 29.0 Å². The number of ketones is 1. The first-order valence-electron chi connectivity index (χ1n) is 16.6. The number of anilines is 1. The Kier molecular flexibility index (Phi) is 8.84. The van der Waals surface area contributed by atoms with E-state index in [0.717, 1.165) is 36.6 Å². The lowest BCUT2D eigenvalue weighted by Gasteiger charge is -2.61. The molecule has 2 heterocycles. The Bertz CT molecular complexity index is 1710. The number of rotatable bonds is 8. The molecule has 10 nitrogen and oxygen atoms in total. The maximum atomic E-state index is 13.7. The first-order chi connectivity index (χ1) is 22.3. The third-order valence-corrected chi connectivity index (χ3v) is 13.0. The number of Topliss-reactive ketones (excluding diaryl/α,β-unsaturated/α-hetero) is 1. The third kappa shape index (κ3) is 5.59. The van der Waals surface area contributed by atoms with Crippen LogP contribution in [-0.2, 0) is 20.7 Å². The molecule has 3 aliphatic rings. The van der Waals surface area contributed by atoms with E-state index in [4.69, 9.17) is 10.5 Å². The summed E-state index contributed by atoms with van der Waals surface area (Å²) >= 11 is 1.12. The lowest BCUT2D eigenvalue weighted by atomic mass is 9.44. The van der Waals surface area contributed by atoms with Crippen molar-refractivity contribution in [3.05, 3.63) is 54.9 Å². The number of aliphatic hydroxyl groups excluding tert-OH is 1. The molecule has 1 unspecified atom stereocenters. The summed E-state index contributed by atoms with van der Waals surface area (Å²) in [7, 11) is 0. The molecule has 3 fully saturated rings. The number of aromatic nitrogens is 4. The number of fused-ring (bicyclic) bond motifs is 1. The fourth-order valence-electron chi connectivity index (χ4n) is 9.01. The molecule has 1 aromatic carbocycles. The van der Waals surface area contributed by atoms with Gasteiger partial charge in [-0.15, -0.1) is 6.58 Å². The summed E-state index contributed by atoms with van der Waals surface area (Å²) in [4.78, 5) is 53.5. The fourth-order valence-corrected chi connectivity index (χ4v) is 9.77. The number of thioether (sulfide) groups is 1. The Hall–Kier alpha value is -3.57. The molecule has 3 aromatic rings. The minimum absolute atomic E-state index is 0.0320. The molecule has 250 valence electrons. The highest BCUT2D eigenvalue weighted by molar-refractivity contribution is 8.00. The highest BCUT2D eigenvalue weighted by Gasteiger charge is 2.68. The third-order valence-electron chi connectivity index (χ3n) is 12.0. The molecule has 0 amide bonds. The number of carbonyl (C=O) groups excluding carboxylic acids is 3. The highest BCUT2D eigenvalue weighted by Crippen LogP contribution is 2.68. The molecule has 3 N–H and O–H groups in total. The van der Waals surface area contributed by atoms with E-state index in [1.165, 1.54) is 10.9 Å². The Labute approximate surface area is 280 Å². The quantitative estimate of drug-likeness (QED) is 0.134. The Morgan fingerprint density at radius 2 is 1.94 bits per heavy atom. The number of benzene rings is 1. The van der Waals surface area contributed by atoms with Gasteiger partial charge in [0, 0.05) is 29.6 Å². The molecule has 2 aromatic heterocycles. The number of hydrogen-bond acceptors (Lipinski definition) is 10. The van der Waals surface area contributed by atoms with E-state index in [1.807, 2.05) is 37.3 Å². The average Bonchev–Trinajstić information content (AvgIpc) is 3.65. The molecule has 47 heavy (non-hydrogen) atoms. The number of esters is 1. The van der Waals surface area contributed by atoms with Gasteiger partial charge in [-0.25, -0.2) is 9.97 Å². The lowest BCUT2D eigenvalue weighted by molar-refractivity contribution is -0.205. The van der Waals surface area contributed by atoms with Crippen LogP contribution in [0.15, 0.2) is 54.3 Å². The van der Waals surface area contributed by atoms with Crippen molar-refractivity contribution in [3.8, 4) is 0 Å². The molecule has 3 aliphatic carbocycles. The summed E-state index contributed by atoms with van der Waals surface area (Å²) < 4.78 is 7.76. The number of carbonyl (C=O) groups is 3. The topological polar surface area (TPSA) is 150 Å². The number of nitrogens with zero attached hydrogens (tertiary/aromatic N) is 4. The van der Waals surface area contributed by atoms with E-state index in [-0.39, 0.29) is 58.6 Å². The SMILES string of the molecule is C=C[C@]1(C)C[C@@H](OC(=O)CSc2nc(N)nc3c2ncn3C(=O)CCc2ccccc2)[C@@]2(C)C3C(=O)CC[C@@]3(CC[C@H]2C)[C@@H](C)[C@@H]1O. The van der Waals surface area contributed by atoms with Crippen LogP contribution in [0.5, 0.6) is 0 Å². The monoisotopic (exact) mass is 659 g/mol. The molecule has 2 bridgehead atoms. The molecular weight excluding hydrogens is 614 g/mol. The number of hydrogen-bond donors (Lipinski definition) is 2. The molecule has 0 radical (unpaired) electrons. The van der Waals surface area contributed by atoms with Gasteiger partial charge in [-0.05, 0) is 54.9 Å². The zero-order valence-corrected chi connectivity index (χ0v) is 28.5. The summed E-state index contributed by atoms with van der Waals surface area (Å²) in [5.74, 6) is -0.816. The van der Waals surface area contributed by atoms with E-state index >= 15 is 0 Å². The second-order valence-electron chi connectivity index (χ2n) is 14.4. The zero-order valence-electron chi connectivity index (χ0n) is 27.6. The van der Waals surface area contributed by atoms with Crippen LogP contribution in [0.2, 0.25) is 0 Å². The maximum Gasteiger partial charge on any atom is 0.316 e. The fraction of sp³-hybridized carbons (Fsp3) is 0.556. The molecular formula is C36H45N5O5S. The number of imidazole rings is 1. The van der Waals surface area contributed by atoms with Crippen molar-refractivity contribution < 1.29 is 24.2 Å². The second-order valence-corrected chi connectivity index (χ2v) is 15.4. The minimum Gasteiger partial charge on any atom is -0.461 e. The molecule has 3 saturated carbocycles. The summed E-state index contributed by atoms with van der Waals surface area (Å²) in [5.41, 5.74) is 6.11. The van der Waals surface area contributed by atoms with Crippen LogP contribution in [0.25, 0.3) is 11.2 Å².